The van der Waals surface area contributed by atoms with E-state index in [-0.39, 0.29) is 5.75 Å². The molecule has 0 fully saturated rings. The Morgan fingerprint density at radius 1 is 1.50 bits per heavy atom. The second-order valence-corrected chi connectivity index (χ2v) is 4.06. The molecule has 0 spiro atoms. The molecule has 1 heterocycles. The summed E-state index contributed by atoms with van der Waals surface area (Å²) in [6.07, 6.45) is 1.64. The van der Waals surface area contributed by atoms with Crippen LogP contribution in [0, 0.1) is 6.92 Å². The molecule has 0 bridgehead atoms. The predicted octanol–water partition coefficient (Wildman–Crippen LogP) is 2.12. The minimum Gasteiger partial charge on any atom is -0.772 e. The van der Waals surface area contributed by atoms with Crippen molar-refractivity contribution >= 4 is 21.9 Å². The van der Waals surface area contributed by atoms with Crippen LogP contribution >= 0.6 is 0 Å². The molecule has 0 saturated carbocycles. The Morgan fingerprint density at radius 2 is 2.29 bits per heavy atom. The summed E-state index contributed by atoms with van der Waals surface area (Å²) in [5.41, 5.74) is 0.784. The van der Waals surface area contributed by atoms with Gasteiger partial charge in [-0.2, -0.15) is 0 Å². The van der Waals surface area contributed by atoms with Crippen molar-refractivity contribution in [1.82, 2.24) is 0 Å². The van der Waals surface area contributed by atoms with E-state index in [1.807, 2.05) is 19.1 Å². The van der Waals surface area contributed by atoms with Gasteiger partial charge in [0.25, 0.3) is 0 Å². The Hall–Kier alpha value is -1.13. The lowest BCUT2D eigenvalue weighted by atomic mass is 10.1. The maximum absolute atomic E-state index is 10.5. The van der Waals surface area contributed by atoms with Crippen molar-refractivity contribution in [3.8, 4) is 0 Å². The first-order chi connectivity index (χ1) is 6.66. The first kappa shape index (κ1) is 9.43. The summed E-state index contributed by atoms with van der Waals surface area (Å²) in [6.45, 7) is 1.88. The Labute approximate surface area is 84.0 Å². The fourth-order valence-corrected chi connectivity index (χ4v) is 1.92. The summed E-state index contributed by atoms with van der Waals surface area (Å²) in [4.78, 5) is 0. The van der Waals surface area contributed by atoms with Crippen molar-refractivity contribution < 1.29 is 13.2 Å². The SMILES string of the molecule is Cc1occ2cc(CS(=O)[O-])ccc12. The molecule has 0 aliphatic heterocycles. The van der Waals surface area contributed by atoms with Crippen LogP contribution in [0.3, 0.4) is 0 Å². The molecule has 0 aliphatic carbocycles. The molecule has 14 heavy (non-hydrogen) atoms. The molecule has 1 aromatic heterocycles. The van der Waals surface area contributed by atoms with Gasteiger partial charge in [-0.1, -0.05) is 23.2 Å². The Morgan fingerprint density at radius 3 is 3.00 bits per heavy atom. The van der Waals surface area contributed by atoms with Gasteiger partial charge in [0.15, 0.2) is 0 Å². The van der Waals surface area contributed by atoms with Crippen molar-refractivity contribution in [3.05, 3.63) is 35.8 Å². The van der Waals surface area contributed by atoms with Crippen LogP contribution in [0.5, 0.6) is 0 Å². The molecule has 0 amide bonds. The molecule has 2 rings (SSSR count). The van der Waals surface area contributed by atoms with Crippen molar-refractivity contribution in [2.24, 2.45) is 0 Å². The fourth-order valence-electron chi connectivity index (χ4n) is 1.47. The number of rotatable bonds is 2. The molecule has 0 radical (unpaired) electrons. The third-order valence-corrected chi connectivity index (χ3v) is 2.71. The third kappa shape index (κ3) is 1.71. The molecular weight excluding hydrogens is 200 g/mol. The summed E-state index contributed by atoms with van der Waals surface area (Å²) < 4.78 is 26.2. The van der Waals surface area contributed by atoms with Gasteiger partial charge in [0, 0.05) is 16.5 Å². The van der Waals surface area contributed by atoms with Crippen LogP contribution in [0.2, 0.25) is 0 Å². The highest BCUT2D eigenvalue weighted by molar-refractivity contribution is 7.78. The molecule has 0 N–H and O–H groups in total. The summed E-state index contributed by atoms with van der Waals surface area (Å²) in [6, 6.07) is 5.53. The maximum Gasteiger partial charge on any atom is 0.108 e. The first-order valence-electron chi connectivity index (χ1n) is 4.19. The number of aryl methyl sites for hydroxylation is 1. The maximum atomic E-state index is 10.5. The average molecular weight is 209 g/mol. The lowest BCUT2D eigenvalue weighted by Crippen LogP contribution is -1.92. The van der Waals surface area contributed by atoms with Crippen LogP contribution in [-0.2, 0) is 16.8 Å². The molecule has 4 heteroatoms. The van der Waals surface area contributed by atoms with Crippen molar-refractivity contribution in [3.63, 3.8) is 0 Å². The van der Waals surface area contributed by atoms with Gasteiger partial charge in [0.2, 0.25) is 0 Å². The second-order valence-electron chi connectivity index (χ2n) is 3.16. The van der Waals surface area contributed by atoms with Gasteiger partial charge in [-0.3, -0.25) is 4.21 Å². The second kappa shape index (κ2) is 3.55. The zero-order valence-electron chi connectivity index (χ0n) is 7.65. The quantitative estimate of drug-likeness (QED) is 0.712. The Balaban J connectivity index is 2.46. The number of fused-ring (bicyclic) bond motifs is 1. The molecule has 74 valence electrons. The normalized spacial score (nSPS) is 13.3. The van der Waals surface area contributed by atoms with Crippen LogP contribution < -0.4 is 0 Å². The number of hydrogen-bond donors (Lipinski definition) is 0. The van der Waals surface area contributed by atoms with Crippen molar-refractivity contribution in [1.29, 1.82) is 0 Å². The van der Waals surface area contributed by atoms with Crippen LogP contribution in [0.1, 0.15) is 11.3 Å². The molecular formula is C10H9O3S-. The lowest BCUT2D eigenvalue weighted by Gasteiger charge is -2.04. The van der Waals surface area contributed by atoms with E-state index in [2.05, 4.69) is 0 Å². The first-order valence-corrected chi connectivity index (χ1v) is 5.44. The molecule has 3 nitrogen and oxygen atoms in total. The van der Waals surface area contributed by atoms with Gasteiger partial charge >= 0.3 is 0 Å². The van der Waals surface area contributed by atoms with E-state index in [0.29, 0.717) is 0 Å². The summed E-state index contributed by atoms with van der Waals surface area (Å²) >= 11 is -2.03. The highest BCUT2D eigenvalue weighted by atomic mass is 32.2. The molecule has 0 aliphatic rings. The zero-order chi connectivity index (χ0) is 10.1. The monoisotopic (exact) mass is 209 g/mol. The van der Waals surface area contributed by atoms with Crippen LogP contribution in [0.15, 0.2) is 28.9 Å². The summed E-state index contributed by atoms with van der Waals surface area (Å²) in [5, 5.41) is 1.98. The van der Waals surface area contributed by atoms with E-state index in [9.17, 15) is 8.76 Å². The summed E-state index contributed by atoms with van der Waals surface area (Å²) in [7, 11) is 0. The molecule has 1 unspecified atom stereocenters. The highest BCUT2D eigenvalue weighted by Gasteiger charge is 2.02. The molecule has 1 atom stereocenters. The van der Waals surface area contributed by atoms with Gasteiger partial charge in [-0.05, 0) is 18.6 Å². The minimum absolute atomic E-state index is 0.0557. The summed E-state index contributed by atoms with van der Waals surface area (Å²) in [5.74, 6) is 0.912. The van der Waals surface area contributed by atoms with Gasteiger partial charge in [0.1, 0.15) is 5.76 Å². The van der Waals surface area contributed by atoms with Crippen LogP contribution in [0.4, 0.5) is 0 Å². The standard InChI is InChI=1S/C10H10O3S/c1-7-10-3-2-8(6-14(11)12)4-9(10)5-13-7/h2-5H,6H2,1H3,(H,11,12)/p-1. The third-order valence-electron chi connectivity index (χ3n) is 2.14. The number of furan rings is 1. The van der Waals surface area contributed by atoms with Gasteiger partial charge in [0.05, 0.1) is 6.26 Å². The number of hydrogen-bond acceptors (Lipinski definition) is 3. The Kier molecular flexibility index (Phi) is 2.39. The van der Waals surface area contributed by atoms with Gasteiger partial charge in [-0.15, -0.1) is 0 Å². The largest absolute Gasteiger partial charge is 0.772 e. The topological polar surface area (TPSA) is 53.3 Å². The van der Waals surface area contributed by atoms with E-state index in [4.69, 9.17) is 4.42 Å². The van der Waals surface area contributed by atoms with Crippen LogP contribution in [-0.4, -0.2) is 8.76 Å². The van der Waals surface area contributed by atoms with E-state index in [1.165, 1.54) is 0 Å². The fraction of sp³-hybridized carbons (Fsp3) is 0.200. The smallest absolute Gasteiger partial charge is 0.108 e. The lowest BCUT2D eigenvalue weighted by molar-refractivity contribution is 0.536. The molecule has 0 saturated heterocycles. The molecule has 1 aromatic carbocycles. The Bertz CT molecular complexity index is 487. The predicted molar refractivity (Wildman–Crippen MR) is 53.6 cm³/mol. The van der Waals surface area contributed by atoms with Gasteiger partial charge in [-0.25, -0.2) is 0 Å². The van der Waals surface area contributed by atoms with E-state index >= 15 is 0 Å². The highest BCUT2D eigenvalue weighted by Crippen LogP contribution is 2.21. The zero-order valence-corrected chi connectivity index (χ0v) is 8.47. The van der Waals surface area contributed by atoms with Gasteiger partial charge < -0.3 is 8.97 Å². The van der Waals surface area contributed by atoms with E-state index < -0.39 is 11.1 Å². The van der Waals surface area contributed by atoms with Crippen LogP contribution in [0.25, 0.3) is 10.8 Å². The average Bonchev–Trinajstić information content (AvgIpc) is 2.46. The van der Waals surface area contributed by atoms with E-state index in [1.54, 1.807) is 12.3 Å². The minimum atomic E-state index is -2.03. The van der Waals surface area contributed by atoms with Crippen molar-refractivity contribution in [2.75, 3.05) is 0 Å². The van der Waals surface area contributed by atoms with Crippen molar-refractivity contribution in [2.45, 2.75) is 12.7 Å². The number of benzene rings is 1. The molecule has 2 aromatic rings. The van der Waals surface area contributed by atoms with E-state index in [0.717, 1.165) is 22.1 Å².